The monoisotopic (exact) mass is 237 g/mol. The van der Waals surface area contributed by atoms with Gasteiger partial charge in [-0.1, -0.05) is 19.8 Å². The van der Waals surface area contributed by atoms with Gasteiger partial charge in [-0.2, -0.15) is 5.26 Å². The van der Waals surface area contributed by atoms with Gasteiger partial charge in [-0.25, -0.2) is 0 Å². The second-order valence-electron chi connectivity index (χ2n) is 5.52. The lowest BCUT2D eigenvalue weighted by atomic mass is 9.94. The summed E-state index contributed by atoms with van der Waals surface area (Å²) < 4.78 is 0. The van der Waals surface area contributed by atoms with Crippen LogP contribution in [0.3, 0.4) is 0 Å². The van der Waals surface area contributed by atoms with E-state index in [1.165, 1.54) is 25.7 Å². The summed E-state index contributed by atoms with van der Waals surface area (Å²) in [5.74, 6) is 0. The molecule has 1 fully saturated rings. The van der Waals surface area contributed by atoms with Gasteiger partial charge in [0, 0.05) is 12.1 Å². The zero-order valence-electron chi connectivity index (χ0n) is 11.8. The molecule has 0 aromatic heterocycles. The van der Waals surface area contributed by atoms with E-state index < -0.39 is 5.54 Å². The fourth-order valence-corrected chi connectivity index (χ4v) is 3.08. The van der Waals surface area contributed by atoms with Crippen molar-refractivity contribution in [3.63, 3.8) is 0 Å². The minimum Gasteiger partial charge on any atom is -0.303 e. The summed E-state index contributed by atoms with van der Waals surface area (Å²) in [7, 11) is 1.88. The first kappa shape index (κ1) is 14.5. The van der Waals surface area contributed by atoms with E-state index in [1.54, 1.807) is 0 Å². The number of nitrogens with zero attached hydrogens (tertiary/aromatic N) is 2. The molecule has 2 unspecified atom stereocenters. The van der Waals surface area contributed by atoms with Crippen LogP contribution in [0.2, 0.25) is 0 Å². The van der Waals surface area contributed by atoms with Crippen LogP contribution in [0.5, 0.6) is 0 Å². The first-order valence-electron chi connectivity index (χ1n) is 6.92. The zero-order chi connectivity index (χ0) is 12.9. The molecule has 1 aliphatic rings. The number of hydrogen-bond acceptors (Lipinski definition) is 3. The van der Waals surface area contributed by atoms with Crippen LogP contribution in [0, 0.1) is 11.3 Å². The maximum atomic E-state index is 9.22. The lowest BCUT2D eigenvalue weighted by molar-refractivity contribution is 0.132. The van der Waals surface area contributed by atoms with Crippen LogP contribution in [0.1, 0.15) is 52.9 Å². The quantitative estimate of drug-likeness (QED) is 0.771. The Balaban J connectivity index is 2.60. The van der Waals surface area contributed by atoms with Crippen LogP contribution < -0.4 is 5.32 Å². The van der Waals surface area contributed by atoms with Gasteiger partial charge in [-0.3, -0.25) is 4.90 Å². The summed E-state index contributed by atoms with van der Waals surface area (Å²) in [5, 5.41) is 12.4. The molecule has 0 saturated heterocycles. The Hall–Kier alpha value is -0.590. The van der Waals surface area contributed by atoms with Gasteiger partial charge in [0.1, 0.15) is 5.54 Å². The molecule has 17 heavy (non-hydrogen) atoms. The van der Waals surface area contributed by atoms with E-state index in [0.717, 1.165) is 19.0 Å². The van der Waals surface area contributed by atoms with Crippen LogP contribution in [0.25, 0.3) is 0 Å². The second kappa shape index (κ2) is 6.37. The molecule has 98 valence electrons. The van der Waals surface area contributed by atoms with Crippen molar-refractivity contribution in [3.05, 3.63) is 0 Å². The molecular weight excluding hydrogens is 210 g/mol. The minimum absolute atomic E-state index is 0.397. The Bertz CT molecular complexity index is 265. The highest BCUT2D eigenvalue weighted by atomic mass is 15.2. The summed E-state index contributed by atoms with van der Waals surface area (Å²) in [6, 6.07) is 3.61. The number of nitriles is 1. The van der Waals surface area contributed by atoms with Gasteiger partial charge in [-0.05, 0) is 46.7 Å². The van der Waals surface area contributed by atoms with E-state index in [2.05, 4.69) is 30.1 Å². The van der Waals surface area contributed by atoms with E-state index in [9.17, 15) is 5.26 Å². The Kier molecular flexibility index (Phi) is 5.42. The third-order valence-corrected chi connectivity index (χ3v) is 4.23. The van der Waals surface area contributed by atoms with Crippen LogP contribution in [0.15, 0.2) is 0 Å². The van der Waals surface area contributed by atoms with Gasteiger partial charge in [0.15, 0.2) is 0 Å². The lowest BCUT2D eigenvalue weighted by Crippen LogP contribution is -2.48. The molecule has 0 spiro atoms. The Morgan fingerprint density at radius 2 is 2.06 bits per heavy atom. The molecule has 1 aliphatic carbocycles. The van der Waals surface area contributed by atoms with E-state index >= 15 is 0 Å². The first-order valence-corrected chi connectivity index (χ1v) is 6.92. The highest BCUT2D eigenvalue weighted by Gasteiger charge is 2.30. The molecule has 0 bridgehead atoms. The molecule has 0 amide bonds. The Morgan fingerprint density at radius 3 is 2.47 bits per heavy atom. The van der Waals surface area contributed by atoms with E-state index in [0.29, 0.717) is 6.04 Å². The van der Waals surface area contributed by atoms with Gasteiger partial charge >= 0.3 is 0 Å². The largest absolute Gasteiger partial charge is 0.303 e. The van der Waals surface area contributed by atoms with Gasteiger partial charge in [0.25, 0.3) is 0 Å². The topological polar surface area (TPSA) is 39.1 Å². The predicted octanol–water partition coefficient (Wildman–Crippen LogP) is 2.53. The summed E-state index contributed by atoms with van der Waals surface area (Å²) >= 11 is 0. The summed E-state index contributed by atoms with van der Waals surface area (Å²) in [6.45, 7) is 7.58. The fourth-order valence-electron chi connectivity index (χ4n) is 3.08. The number of hydrogen-bond donors (Lipinski definition) is 1. The lowest BCUT2D eigenvalue weighted by Gasteiger charge is -2.36. The van der Waals surface area contributed by atoms with Crippen molar-refractivity contribution in [2.75, 3.05) is 13.6 Å². The van der Waals surface area contributed by atoms with Crippen molar-refractivity contribution in [2.45, 2.75) is 70.5 Å². The predicted molar refractivity (Wildman–Crippen MR) is 71.8 cm³/mol. The smallest absolute Gasteiger partial charge is 0.105 e. The van der Waals surface area contributed by atoms with Crippen molar-refractivity contribution in [1.29, 1.82) is 5.26 Å². The maximum absolute atomic E-state index is 9.22. The Labute approximate surface area is 106 Å². The first-order chi connectivity index (χ1) is 8.06. The molecule has 0 aromatic rings. The van der Waals surface area contributed by atoms with Crippen LogP contribution in [0.4, 0.5) is 0 Å². The van der Waals surface area contributed by atoms with Gasteiger partial charge in [0.2, 0.25) is 0 Å². The SMILES string of the molecule is CCN(C(C)CC(C)(C#N)NC)C1CCCC1. The van der Waals surface area contributed by atoms with Crippen LogP contribution in [-0.4, -0.2) is 36.1 Å². The average Bonchev–Trinajstić information content (AvgIpc) is 2.83. The summed E-state index contributed by atoms with van der Waals surface area (Å²) in [6.07, 6.45) is 6.30. The van der Waals surface area contributed by atoms with E-state index in [-0.39, 0.29) is 0 Å². The molecule has 1 rings (SSSR count). The minimum atomic E-state index is -0.397. The molecular formula is C14H27N3. The van der Waals surface area contributed by atoms with Crippen LogP contribution >= 0.6 is 0 Å². The van der Waals surface area contributed by atoms with Gasteiger partial charge in [-0.15, -0.1) is 0 Å². The maximum Gasteiger partial charge on any atom is 0.105 e. The summed E-state index contributed by atoms with van der Waals surface area (Å²) in [5.41, 5.74) is -0.397. The van der Waals surface area contributed by atoms with Crippen molar-refractivity contribution in [3.8, 4) is 6.07 Å². The molecule has 0 aromatic carbocycles. The Morgan fingerprint density at radius 1 is 1.47 bits per heavy atom. The molecule has 0 heterocycles. The highest BCUT2D eigenvalue weighted by molar-refractivity contribution is 5.05. The zero-order valence-corrected chi connectivity index (χ0v) is 11.8. The highest BCUT2D eigenvalue weighted by Crippen LogP contribution is 2.27. The molecule has 1 saturated carbocycles. The molecule has 0 aliphatic heterocycles. The second-order valence-corrected chi connectivity index (χ2v) is 5.52. The summed E-state index contributed by atoms with van der Waals surface area (Å²) in [4.78, 5) is 2.58. The van der Waals surface area contributed by atoms with Crippen LogP contribution in [-0.2, 0) is 0 Å². The van der Waals surface area contributed by atoms with E-state index in [1.807, 2.05) is 14.0 Å². The third kappa shape index (κ3) is 3.69. The van der Waals surface area contributed by atoms with Crippen molar-refractivity contribution in [2.24, 2.45) is 0 Å². The number of rotatable bonds is 6. The molecule has 0 radical (unpaired) electrons. The fraction of sp³-hybridized carbons (Fsp3) is 0.929. The van der Waals surface area contributed by atoms with Crippen molar-refractivity contribution < 1.29 is 0 Å². The normalized spacial score (nSPS) is 22.4. The average molecular weight is 237 g/mol. The number of nitrogens with one attached hydrogen (secondary N) is 1. The standard InChI is InChI=1S/C14H27N3/c1-5-17(13-8-6-7-9-13)12(2)10-14(3,11-15)16-4/h12-13,16H,5-10H2,1-4H3. The third-order valence-electron chi connectivity index (χ3n) is 4.23. The van der Waals surface area contributed by atoms with Gasteiger partial charge in [0.05, 0.1) is 6.07 Å². The molecule has 1 N–H and O–H groups in total. The molecule has 3 heteroatoms. The van der Waals surface area contributed by atoms with Gasteiger partial charge < -0.3 is 5.32 Å². The van der Waals surface area contributed by atoms with Crippen molar-refractivity contribution in [1.82, 2.24) is 10.2 Å². The molecule has 3 nitrogen and oxygen atoms in total. The van der Waals surface area contributed by atoms with E-state index in [4.69, 9.17) is 0 Å². The van der Waals surface area contributed by atoms with Crippen molar-refractivity contribution >= 4 is 0 Å². The molecule has 2 atom stereocenters.